The van der Waals surface area contributed by atoms with Crippen molar-refractivity contribution in [2.75, 3.05) is 18.1 Å². The summed E-state index contributed by atoms with van der Waals surface area (Å²) in [5, 5.41) is 5.95. The fourth-order valence-corrected chi connectivity index (χ4v) is 2.25. The van der Waals surface area contributed by atoms with Crippen LogP contribution in [0.2, 0.25) is 5.02 Å². The second-order valence-electron chi connectivity index (χ2n) is 4.65. The lowest BCUT2D eigenvalue weighted by Crippen LogP contribution is -2.34. The van der Waals surface area contributed by atoms with Gasteiger partial charge in [0.25, 0.3) is 0 Å². The van der Waals surface area contributed by atoms with E-state index in [9.17, 15) is 13.2 Å². The maximum atomic E-state index is 11.8. The summed E-state index contributed by atoms with van der Waals surface area (Å²) in [5.41, 5.74) is 0.297. The molecule has 1 atom stereocenters. The number of anilines is 1. The molecule has 2 N–H and O–H groups in total. The first-order chi connectivity index (χ1) is 9.24. The fourth-order valence-electron chi connectivity index (χ4n) is 1.44. The molecule has 0 fully saturated rings. The molecule has 5 nitrogen and oxygen atoms in total. The molecule has 0 aliphatic heterocycles. The third kappa shape index (κ3) is 5.11. The van der Waals surface area contributed by atoms with Crippen molar-refractivity contribution in [2.45, 2.75) is 31.2 Å². The van der Waals surface area contributed by atoms with Crippen LogP contribution in [0.1, 0.15) is 20.3 Å². The van der Waals surface area contributed by atoms with Gasteiger partial charge in [-0.25, -0.2) is 8.42 Å². The molecule has 20 heavy (non-hydrogen) atoms. The number of halogens is 1. The van der Waals surface area contributed by atoms with E-state index in [0.717, 1.165) is 12.7 Å². The largest absolute Gasteiger partial charge is 0.324 e. The normalized spacial score (nSPS) is 13.0. The van der Waals surface area contributed by atoms with Crippen LogP contribution < -0.4 is 10.6 Å². The zero-order chi connectivity index (χ0) is 15.3. The minimum atomic E-state index is -3.33. The highest BCUT2D eigenvalue weighted by Gasteiger charge is 2.12. The lowest BCUT2D eigenvalue weighted by atomic mass is 10.2. The van der Waals surface area contributed by atoms with Crippen LogP contribution in [0.5, 0.6) is 0 Å². The quantitative estimate of drug-likeness (QED) is 0.842. The lowest BCUT2D eigenvalue weighted by Gasteiger charge is -2.12. The van der Waals surface area contributed by atoms with E-state index < -0.39 is 9.84 Å². The number of hydrogen-bond donors (Lipinski definition) is 2. The molecular formula is C13H19ClN2O3S. The Morgan fingerprint density at radius 2 is 2.05 bits per heavy atom. The third-order valence-electron chi connectivity index (χ3n) is 2.86. The van der Waals surface area contributed by atoms with Crippen molar-refractivity contribution < 1.29 is 13.2 Å². The Balaban J connectivity index is 2.79. The van der Waals surface area contributed by atoms with Crippen LogP contribution in [-0.4, -0.2) is 33.2 Å². The highest BCUT2D eigenvalue weighted by atomic mass is 35.5. The summed E-state index contributed by atoms with van der Waals surface area (Å²) in [4.78, 5) is 11.9. The van der Waals surface area contributed by atoms with E-state index in [2.05, 4.69) is 10.6 Å². The number of carbonyl (C=O) groups excluding carboxylic acids is 1. The second-order valence-corrected chi connectivity index (χ2v) is 7.08. The van der Waals surface area contributed by atoms with Crippen molar-refractivity contribution in [3.05, 3.63) is 23.2 Å². The maximum Gasteiger partial charge on any atom is 0.238 e. The van der Waals surface area contributed by atoms with Gasteiger partial charge in [-0.3, -0.25) is 4.79 Å². The molecule has 0 saturated heterocycles. The van der Waals surface area contributed by atoms with Gasteiger partial charge in [-0.05, 0) is 31.5 Å². The average molecular weight is 319 g/mol. The maximum absolute atomic E-state index is 11.8. The number of rotatable bonds is 6. The second kappa shape index (κ2) is 7.06. The number of benzene rings is 1. The predicted octanol–water partition coefficient (Wildman–Crippen LogP) is 2.07. The van der Waals surface area contributed by atoms with Crippen LogP contribution in [-0.2, 0) is 14.6 Å². The molecule has 1 rings (SSSR count). The van der Waals surface area contributed by atoms with Crippen molar-refractivity contribution in [3.63, 3.8) is 0 Å². The van der Waals surface area contributed by atoms with Gasteiger partial charge in [0.1, 0.15) is 0 Å². The number of nitrogens with one attached hydrogen (secondary N) is 2. The first-order valence-corrected chi connectivity index (χ1v) is 8.53. The summed E-state index contributed by atoms with van der Waals surface area (Å²) < 4.78 is 22.9. The van der Waals surface area contributed by atoms with E-state index >= 15 is 0 Å². The molecule has 7 heteroatoms. The Bertz CT molecular complexity index is 587. The zero-order valence-corrected chi connectivity index (χ0v) is 13.3. The molecule has 0 saturated carbocycles. The summed E-state index contributed by atoms with van der Waals surface area (Å²) >= 11 is 5.95. The van der Waals surface area contributed by atoms with Gasteiger partial charge >= 0.3 is 0 Å². The number of sulfone groups is 1. The van der Waals surface area contributed by atoms with Crippen LogP contribution in [0.25, 0.3) is 0 Å². The van der Waals surface area contributed by atoms with Crippen LogP contribution in [0, 0.1) is 0 Å². The Morgan fingerprint density at radius 1 is 1.40 bits per heavy atom. The fraction of sp³-hybridized carbons (Fsp3) is 0.462. The van der Waals surface area contributed by atoms with Gasteiger partial charge in [-0.2, -0.15) is 0 Å². The highest BCUT2D eigenvalue weighted by Crippen LogP contribution is 2.25. The van der Waals surface area contributed by atoms with Gasteiger partial charge in [0.15, 0.2) is 9.84 Å². The number of amides is 1. The van der Waals surface area contributed by atoms with Crippen LogP contribution in [0.15, 0.2) is 23.1 Å². The molecule has 0 aliphatic rings. The number of carbonyl (C=O) groups is 1. The van der Waals surface area contributed by atoms with Crippen molar-refractivity contribution in [1.82, 2.24) is 5.32 Å². The molecule has 0 heterocycles. The summed E-state index contributed by atoms with van der Waals surface area (Å²) in [6, 6.07) is 4.46. The minimum Gasteiger partial charge on any atom is -0.324 e. The Morgan fingerprint density at radius 3 is 2.60 bits per heavy atom. The predicted molar refractivity (Wildman–Crippen MR) is 80.9 cm³/mol. The van der Waals surface area contributed by atoms with Crippen molar-refractivity contribution in [3.8, 4) is 0 Å². The molecule has 1 aromatic rings. The molecule has 1 aromatic carbocycles. The monoisotopic (exact) mass is 318 g/mol. The molecule has 1 amide bonds. The standard InChI is InChI=1S/C13H19ClN2O3S/c1-4-9(2)15-8-13(17)16-12-7-10(20(3,18)19)5-6-11(12)14/h5-7,9,15H,4,8H2,1-3H3,(H,16,17). The van der Waals surface area contributed by atoms with Gasteiger partial charge in [-0.15, -0.1) is 0 Å². The molecule has 1 unspecified atom stereocenters. The lowest BCUT2D eigenvalue weighted by molar-refractivity contribution is -0.115. The summed E-state index contributed by atoms with van der Waals surface area (Å²) in [6.45, 7) is 4.14. The van der Waals surface area contributed by atoms with Gasteiger partial charge in [-0.1, -0.05) is 18.5 Å². The molecule has 0 bridgehead atoms. The molecular weight excluding hydrogens is 300 g/mol. The highest BCUT2D eigenvalue weighted by molar-refractivity contribution is 7.90. The average Bonchev–Trinajstić information content (AvgIpc) is 2.37. The van der Waals surface area contributed by atoms with Crippen molar-refractivity contribution in [2.24, 2.45) is 0 Å². The SMILES string of the molecule is CCC(C)NCC(=O)Nc1cc(S(C)(=O)=O)ccc1Cl. The van der Waals surface area contributed by atoms with E-state index in [1.54, 1.807) is 0 Å². The topological polar surface area (TPSA) is 75.3 Å². The Labute approximate surface area is 124 Å². The van der Waals surface area contributed by atoms with Gasteiger partial charge < -0.3 is 10.6 Å². The van der Waals surface area contributed by atoms with E-state index in [4.69, 9.17) is 11.6 Å². The van der Waals surface area contributed by atoms with E-state index in [1.165, 1.54) is 18.2 Å². The van der Waals surface area contributed by atoms with E-state index in [0.29, 0.717) is 10.7 Å². The number of hydrogen-bond acceptors (Lipinski definition) is 4. The molecule has 0 aliphatic carbocycles. The molecule has 0 aromatic heterocycles. The first-order valence-electron chi connectivity index (χ1n) is 6.27. The zero-order valence-electron chi connectivity index (χ0n) is 11.7. The molecule has 0 radical (unpaired) electrons. The Kier molecular flexibility index (Phi) is 5.98. The van der Waals surface area contributed by atoms with Crippen LogP contribution in [0.3, 0.4) is 0 Å². The van der Waals surface area contributed by atoms with E-state index in [1.807, 2.05) is 13.8 Å². The van der Waals surface area contributed by atoms with Crippen molar-refractivity contribution >= 4 is 33.0 Å². The minimum absolute atomic E-state index is 0.118. The van der Waals surface area contributed by atoms with Crippen LogP contribution >= 0.6 is 11.6 Å². The van der Waals surface area contributed by atoms with Gasteiger partial charge in [0, 0.05) is 12.3 Å². The summed E-state index contributed by atoms with van der Waals surface area (Å²) in [7, 11) is -3.33. The van der Waals surface area contributed by atoms with Crippen molar-refractivity contribution in [1.29, 1.82) is 0 Å². The third-order valence-corrected chi connectivity index (χ3v) is 4.30. The Hall–Kier alpha value is -1.11. The van der Waals surface area contributed by atoms with Gasteiger partial charge in [0.05, 0.1) is 22.2 Å². The molecule has 0 spiro atoms. The van der Waals surface area contributed by atoms with Gasteiger partial charge in [0.2, 0.25) is 5.91 Å². The van der Waals surface area contributed by atoms with Crippen LogP contribution in [0.4, 0.5) is 5.69 Å². The summed E-state index contributed by atoms with van der Waals surface area (Å²) in [5.74, 6) is -0.266. The molecule has 112 valence electrons. The van der Waals surface area contributed by atoms with E-state index in [-0.39, 0.29) is 23.4 Å². The first kappa shape index (κ1) is 16.9. The smallest absolute Gasteiger partial charge is 0.238 e. The summed E-state index contributed by atoms with van der Waals surface area (Å²) in [6.07, 6.45) is 2.02.